The van der Waals surface area contributed by atoms with Crippen molar-refractivity contribution in [3.05, 3.63) is 65.6 Å². The number of fused-ring (bicyclic) bond motifs is 2. The topological polar surface area (TPSA) is 23.8 Å². The van der Waals surface area contributed by atoms with E-state index in [1.54, 1.807) is 0 Å². The van der Waals surface area contributed by atoms with Crippen molar-refractivity contribution in [3.8, 4) is 0 Å². The Morgan fingerprint density at radius 3 is 2.77 bits per heavy atom. The third-order valence-electron chi connectivity index (χ3n) is 5.98. The van der Waals surface area contributed by atoms with Crippen molar-refractivity contribution in [2.75, 3.05) is 31.6 Å². The molecule has 1 fully saturated rings. The van der Waals surface area contributed by atoms with Crippen LogP contribution in [0.5, 0.6) is 0 Å². The minimum absolute atomic E-state index is 0.417. The highest BCUT2D eigenvalue weighted by molar-refractivity contribution is 5.55. The molecule has 26 heavy (non-hydrogen) atoms. The number of nitrogens with zero attached hydrogens (tertiary/aromatic N) is 4. The minimum Gasteiger partial charge on any atom is -0.372 e. The van der Waals surface area contributed by atoms with Crippen molar-refractivity contribution < 1.29 is 0 Å². The Bertz CT molecular complexity index is 923. The van der Waals surface area contributed by atoms with E-state index in [4.69, 9.17) is 0 Å². The fourth-order valence-electron chi connectivity index (χ4n) is 4.61. The zero-order valence-electron chi connectivity index (χ0n) is 15.4. The lowest BCUT2D eigenvalue weighted by Crippen LogP contribution is -2.32. The first-order valence-corrected chi connectivity index (χ1v) is 9.77. The monoisotopic (exact) mass is 346 g/mol. The molecular formula is C22H26N4. The molecule has 0 saturated carbocycles. The van der Waals surface area contributed by atoms with Crippen molar-refractivity contribution >= 4 is 11.3 Å². The van der Waals surface area contributed by atoms with Crippen LogP contribution in [0.3, 0.4) is 0 Å². The average Bonchev–Trinajstić information content (AvgIpc) is 3.15. The molecule has 1 aromatic carbocycles. The third kappa shape index (κ3) is 2.78. The Hall–Kier alpha value is -2.33. The van der Waals surface area contributed by atoms with Gasteiger partial charge >= 0.3 is 0 Å². The summed E-state index contributed by atoms with van der Waals surface area (Å²) in [5, 5.41) is 0. The second-order valence-electron chi connectivity index (χ2n) is 7.83. The number of hydrogen-bond donors (Lipinski definition) is 0. The molecule has 1 unspecified atom stereocenters. The van der Waals surface area contributed by atoms with Crippen LogP contribution in [0.15, 0.2) is 48.9 Å². The lowest BCUT2D eigenvalue weighted by Gasteiger charge is -2.35. The van der Waals surface area contributed by atoms with Gasteiger partial charge in [-0.3, -0.25) is 0 Å². The molecule has 1 saturated heterocycles. The standard InChI is InChI=1S/C22H26N4/c1-24-15-18-13-19(25-9-3-2-4-10-25)5-6-20(18)21(16-24)17-7-11-26-12-8-23-22(26)14-17/h5-8,11-14,21H,2-4,9-10,15-16H2,1H3. The van der Waals surface area contributed by atoms with E-state index in [-0.39, 0.29) is 0 Å². The molecule has 0 spiro atoms. The zero-order chi connectivity index (χ0) is 17.5. The normalized spacial score (nSPS) is 21.1. The van der Waals surface area contributed by atoms with Crippen LogP contribution in [-0.2, 0) is 6.54 Å². The maximum Gasteiger partial charge on any atom is 0.136 e. The first-order valence-electron chi connectivity index (χ1n) is 9.77. The van der Waals surface area contributed by atoms with E-state index in [1.165, 1.54) is 54.7 Å². The summed E-state index contributed by atoms with van der Waals surface area (Å²) in [6.45, 7) is 4.51. The average molecular weight is 346 g/mol. The Morgan fingerprint density at radius 2 is 1.88 bits per heavy atom. The van der Waals surface area contributed by atoms with Gasteiger partial charge in [-0.15, -0.1) is 0 Å². The Labute approximate surface area is 155 Å². The van der Waals surface area contributed by atoms with Crippen LogP contribution in [-0.4, -0.2) is 41.0 Å². The summed E-state index contributed by atoms with van der Waals surface area (Å²) >= 11 is 0. The molecule has 2 aromatic heterocycles. The lowest BCUT2D eigenvalue weighted by atomic mass is 9.85. The maximum atomic E-state index is 4.47. The van der Waals surface area contributed by atoms with E-state index in [1.807, 2.05) is 12.4 Å². The summed E-state index contributed by atoms with van der Waals surface area (Å²) in [4.78, 5) is 9.47. The molecule has 5 rings (SSSR count). The van der Waals surface area contributed by atoms with Crippen LogP contribution in [0.2, 0.25) is 0 Å². The molecule has 2 aliphatic heterocycles. The van der Waals surface area contributed by atoms with Gasteiger partial charge in [-0.05, 0) is 67.3 Å². The summed E-state index contributed by atoms with van der Waals surface area (Å²) in [6, 6.07) is 11.7. The molecule has 4 heterocycles. The Kier molecular flexibility index (Phi) is 3.93. The molecular weight excluding hydrogens is 320 g/mol. The molecule has 0 aliphatic carbocycles. The SMILES string of the molecule is CN1Cc2cc(N3CCCCC3)ccc2C(c2ccn3ccnc3c2)C1. The number of pyridine rings is 1. The number of imidazole rings is 1. The van der Waals surface area contributed by atoms with Gasteiger partial charge in [0, 0.05) is 56.4 Å². The van der Waals surface area contributed by atoms with E-state index < -0.39 is 0 Å². The molecule has 134 valence electrons. The molecule has 0 radical (unpaired) electrons. The van der Waals surface area contributed by atoms with Gasteiger partial charge < -0.3 is 14.2 Å². The van der Waals surface area contributed by atoms with Crippen LogP contribution in [0, 0.1) is 0 Å². The summed E-state index contributed by atoms with van der Waals surface area (Å²) in [5.74, 6) is 0.417. The predicted molar refractivity (Wildman–Crippen MR) is 106 cm³/mol. The van der Waals surface area contributed by atoms with Crippen LogP contribution in [0.1, 0.15) is 41.9 Å². The van der Waals surface area contributed by atoms with Crippen molar-refractivity contribution in [1.82, 2.24) is 14.3 Å². The fraction of sp³-hybridized carbons (Fsp3) is 0.409. The van der Waals surface area contributed by atoms with Gasteiger partial charge in [0.15, 0.2) is 0 Å². The first kappa shape index (κ1) is 15.9. The maximum absolute atomic E-state index is 4.47. The first-order chi connectivity index (χ1) is 12.8. The lowest BCUT2D eigenvalue weighted by molar-refractivity contribution is 0.295. The molecule has 4 nitrogen and oxygen atoms in total. The van der Waals surface area contributed by atoms with Crippen LogP contribution in [0.4, 0.5) is 5.69 Å². The molecule has 0 amide bonds. The van der Waals surface area contributed by atoms with E-state index in [0.29, 0.717) is 5.92 Å². The van der Waals surface area contributed by atoms with Gasteiger partial charge in [-0.2, -0.15) is 0 Å². The van der Waals surface area contributed by atoms with E-state index >= 15 is 0 Å². The number of piperidine rings is 1. The minimum atomic E-state index is 0.417. The number of rotatable bonds is 2. The second kappa shape index (κ2) is 6.44. The number of benzene rings is 1. The van der Waals surface area contributed by atoms with Crippen molar-refractivity contribution in [2.45, 2.75) is 31.7 Å². The second-order valence-corrected chi connectivity index (χ2v) is 7.83. The molecule has 0 bridgehead atoms. The zero-order valence-corrected chi connectivity index (χ0v) is 15.4. The Morgan fingerprint density at radius 1 is 1.00 bits per heavy atom. The number of anilines is 1. The van der Waals surface area contributed by atoms with Crippen LogP contribution < -0.4 is 4.90 Å². The number of aromatic nitrogens is 2. The summed E-state index contributed by atoms with van der Waals surface area (Å²) in [6.07, 6.45) is 10.0. The van der Waals surface area contributed by atoms with Gasteiger partial charge in [0.2, 0.25) is 0 Å². The number of likely N-dealkylation sites (N-methyl/N-ethyl adjacent to an activating group) is 1. The van der Waals surface area contributed by atoms with Crippen molar-refractivity contribution in [1.29, 1.82) is 0 Å². The third-order valence-corrected chi connectivity index (χ3v) is 5.98. The molecule has 4 heteroatoms. The van der Waals surface area contributed by atoms with E-state index in [2.05, 4.69) is 62.8 Å². The summed E-state index contributed by atoms with van der Waals surface area (Å²) in [5.41, 5.74) is 6.76. The fourth-order valence-corrected chi connectivity index (χ4v) is 4.61. The predicted octanol–water partition coefficient (Wildman–Crippen LogP) is 3.90. The van der Waals surface area contributed by atoms with Gasteiger partial charge in [0.05, 0.1) is 0 Å². The van der Waals surface area contributed by atoms with Gasteiger partial charge in [0.1, 0.15) is 5.65 Å². The molecule has 2 aliphatic rings. The van der Waals surface area contributed by atoms with Gasteiger partial charge in [-0.25, -0.2) is 4.98 Å². The van der Waals surface area contributed by atoms with E-state index in [9.17, 15) is 0 Å². The summed E-state index contributed by atoms with van der Waals surface area (Å²) < 4.78 is 2.08. The highest BCUT2D eigenvalue weighted by atomic mass is 15.1. The number of hydrogen-bond acceptors (Lipinski definition) is 3. The quantitative estimate of drug-likeness (QED) is 0.703. The summed E-state index contributed by atoms with van der Waals surface area (Å²) in [7, 11) is 2.23. The highest BCUT2D eigenvalue weighted by Gasteiger charge is 2.26. The Balaban J connectivity index is 1.52. The highest BCUT2D eigenvalue weighted by Crippen LogP contribution is 2.35. The van der Waals surface area contributed by atoms with Crippen LogP contribution >= 0.6 is 0 Å². The molecule has 3 aromatic rings. The van der Waals surface area contributed by atoms with Gasteiger partial charge in [0.25, 0.3) is 0 Å². The largest absolute Gasteiger partial charge is 0.372 e. The van der Waals surface area contributed by atoms with Crippen molar-refractivity contribution in [2.24, 2.45) is 0 Å². The van der Waals surface area contributed by atoms with E-state index in [0.717, 1.165) is 18.7 Å². The molecule has 0 N–H and O–H groups in total. The smallest absolute Gasteiger partial charge is 0.136 e. The molecule has 1 atom stereocenters. The van der Waals surface area contributed by atoms with Gasteiger partial charge in [-0.1, -0.05) is 6.07 Å². The van der Waals surface area contributed by atoms with Crippen molar-refractivity contribution in [3.63, 3.8) is 0 Å². The van der Waals surface area contributed by atoms with Crippen LogP contribution in [0.25, 0.3) is 5.65 Å².